The quantitative estimate of drug-likeness (QED) is 0.611. The van der Waals surface area contributed by atoms with Crippen LogP contribution in [0.2, 0.25) is 0 Å². The van der Waals surface area contributed by atoms with Crippen LogP contribution in [-0.4, -0.2) is 5.97 Å². The van der Waals surface area contributed by atoms with Crippen molar-refractivity contribution in [3.63, 3.8) is 0 Å². The van der Waals surface area contributed by atoms with Gasteiger partial charge in [0.1, 0.15) is 18.1 Å². The third-order valence-corrected chi connectivity index (χ3v) is 3.61. The average molecular weight is 318 g/mol. The molecule has 0 unspecified atom stereocenters. The summed E-state index contributed by atoms with van der Waals surface area (Å²) in [5.41, 5.74) is 2.38. The van der Waals surface area contributed by atoms with E-state index in [0.717, 1.165) is 16.9 Å². The number of benzene rings is 3. The van der Waals surface area contributed by atoms with Gasteiger partial charge in [-0.25, -0.2) is 4.79 Å². The summed E-state index contributed by atoms with van der Waals surface area (Å²) in [5.74, 6) is 1.17. The molecule has 3 aromatic rings. The average Bonchev–Trinajstić information content (AvgIpc) is 2.61. The molecule has 0 saturated heterocycles. The van der Waals surface area contributed by atoms with E-state index in [1.807, 2.05) is 79.7 Å². The van der Waals surface area contributed by atoms with Crippen molar-refractivity contribution in [2.24, 2.45) is 0 Å². The standard InChI is InChI=1S/C21H18O3/c1-16-8-5-6-13-20(16)21(22)23-15-17-9-7-12-19(14-17)24-18-10-3-2-4-11-18/h2-14H,15H2,1H3. The van der Waals surface area contributed by atoms with E-state index in [2.05, 4.69) is 0 Å². The number of hydrogen-bond donors (Lipinski definition) is 0. The Bertz CT molecular complexity index is 825. The number of para-hydroxylation sites is 1. The van der Waals surface area contributed by atoms with Gasteiger partial charge in [0.2, 0.25) is 0 Å². The SMILES string of the molecule is Cc1ccccc1C(=O)OCc1cccc(Oc2ccccc2)c1. The Kier molecular flexibility index (Phi) is 4.92. The molecule has 3 heteroatoms. The number of rotatable bonds is 5. The summed E-state index contributed by atoms with van der Waals surface area (Å²) in [6.07, 6.45) is 0. The van der Waals surface area contributed by atoms with Crippen molar-refractivity contribution >= 4 is 5.97 Å². The van der Waals surface area contributed by atoms with Crippen molar-refractivity contribution in [3.8, 4) is 11.5 Å². The predicted molar refractivity (Wildman–Crippen MR) is 93.3 cm³/mol. The number of hydrogen-bond acceptors (Lipinski definition) is 3. The summed E-state index contributed by atoms with van der Waals surface area (Å²) in [7, 11) is 0. The first-order valence-corrected chi connectivity index (χ1v) is 7.77. The normalized spacial score (nSPS) is 10.2. The van der Waals surface area contributed by atoms with Crippen LogP contribution in [0.3, 0.4) is 0 Å². The highest BCUT2D eigenvalue weighted by Crippen LogP contribution is 2.22. The van der Waals surface area contributed by atoms with Gasteiger partial charge in [-0.15, -0.1) is 0 Å². The van der Waals surface area contributed by atoms with Crippen molar-refractivity contribution < 1.29 is 14.3 Å². The summed E-state index contributed by atoms with van der Waals surface area (Å²) in [6, 6.07) is 24.5. The van der Waals surface area contributed by atoms with Crippen LogP contribution >= 0.6 is 0 Å². The molecule has 0 amide bonds. The van der Waals surface area contributed by atoms with Gasteiger partial charge in [-0.05, 0) is 48.4 Å². The van der Waals surface area contributed by atoms with E-state index in [1.54, 1.807) is 6.07 Å². The van der Waals surface area contributed by atoms with Crippen LogP contribution in [0, 0.1) is 6.92 Å². The van der Waals surface area contributed by atoms with Crippen LogP contribution in [0.25, 0.3) is 0 Å². The molecular weight excluding hydrogens is 300 g/mol. The molecule has 0 atom stereocenters. The first kappa shape index (κ1) is 15.8. The molecule has 3 rings (SSSR count). The first-order chi connectivity index (χ1) is 11.7. The topological polar surface area (TPSA) is 35.5 Å². The highest BCUT2D eigenvalue weighted by molar-refractivity contribution is 5.90. The molecule has 0 aliphatic rings. The van der Waals surface area contributed by atoms with Crippen LogP contribution < -0.4 is 4.74 Å². The molecule has 0 fully saturated rings. The Morgan fingerprint density at radius 3 is 2.33 bits per heavy atom. The molecule has 0 aromatic heterocycles. The lowest BCUT2D eigenvalue weighted by molar-refractivity contribution is 0.0471. The zero-order valence-corrected chi connectivity index (χ0v) is 13.4. The highest BCUT2D eigenvalue weighted by atomic mass is 16.5. The van der Waals surface area contributed by atoms with E-state index in [-0.39, 0.29) is 12.6 Å². The molecule has 120 valence electrons. The molecule has 0 N–H and O–H groups in total. The van der Waals surface area contributed by atoms with Crippen molar-refractivity contribution in [2.45, 2.75) is 13.5 Å². The van der Waals surface area contributed by atoms with Gasteiger partial charge in [0.25, 0.3) is 0 Å². The Hall–Kier alpha value is -3.07. The fourth-order valence-corrected chi connectivity index (χ4v) is 2.35. The molecule has 0 saturated carbocycles. The summed E-state index contributed by atoms with van der Waals surface area (Å²) < 4.78 is 11.2. The second-order valence-corrected chi connectivity index (χ2v) is 5.45. The highest BCUT2D eigenvalue weighted by Gasteiger charge is 2.10. The summed E-state index contributed by atoms with van der Waals surface area (Å²) in [5, 5.41) is 0. The molecule has 0 bridgehead atoms. The van der Waals surface area contributed by atoms with Gasteiger partial charge in [0.15, 0.2) is 0 Å². The van der Waals surface area contributed by atoms with Crippen LogP contribution in [0.15, 0.2) is 78.9 Å². The number of ether oxygens (including phenoxy) is 2. The van der Waals surface area contributed by atoms with E-state index < -0.39 is 0 Å². The summed E-state index contributed by atoms with van der Waals surface area (Å²) in [6.45, 7) is 2.10. The van der Waals surface area contributed by atoms with Crippen LogP contribution in [0.4, 0.5) is 0 Å². The maximum atomic E-state index is 12.2. The molecular formula is C21H18O3. The summed E-state index contributed by atoms with van der Waals surface area (Å²) in [4.78, 5) is 12.2. The summed E-state index contributed by atoms with van der Waals surface area (Å²) >= 11 is 0. The fourth-order valence-electron chi connectivity index (χ4n) is 2.35. The first-order valence-electron chi connectivity index (χ1n) is 7.77. The lowest BCUT2D eigenvalue weighted by Crippen LogP contribution is -2.06. The van der Waals surface area contributed by atoms with Gasteiger partial charge < -0.3 is 9.47 Å². The maximum Gasteiger partial charge on any atom is 0.338 e. The molecule has 0 spiro atoms. The third-order valence-electron chi connectivity index (χ3n) is 3.61. The molecule has 3 aromatic carbocycles. The minimum atomic E-state index is -0.317. The Balaban J connectivity index is 1.65. The predicted octanol–water partition coefficient (Wildman–Crippen LogP) is 5.14. The molecule has 0 aliphatic carbocycles. The van der Waals surface area contributed by atoms with Crippen molar-refractivity contribution in [2.75, 3.05) is 0 Å². The van der Waals surface area contributed by atoms with Gasteiger partial charge >= 0.3 is 5.97 Å². The van der Waals surface area contributed by atoms with Crippen LogP contribution in [0.1, 0.15) is 21.5 Å². The van der Waals surface area contributed by atoms with Gasteiger partial charge in [-0.3, -0.25) is 0 Å². The molecule has 0 aliphatic heterocycles. The fraction of sp³-hybridized carbons (Fsp3) is 0.0952. The van der Waals surface area contributed by atoms with Gasteiger partial charge in [-0.2, -0.15) is 0 Å². The van der Waals surface area contributed by atoms with E-state index in [4.69, 9.17) is 9.47 Å². The molecule has 24 heavy (non-hydrogen) atoms. The molecule has 0 heterocycles. The second-order valence-electron chi connectivity index (χ2n) is 5.45. The van der Waals surface area contributed by atoms with Crippen LogP contribution in [0.5, 0.6) is 11.5 Å². The Morgan fingerprint density at radius 1 is 0.833 bits per heavy atom. The Morgan fingerprint density at radius 2 is 1.54 bits per heavy atom. The third kappa shape index (κ3) is 4.02. The van der Waals surface area contributed by atoms with E-state index in [9.17, 15) is 4.79 Å². The van der Waals surface area contributed by atoms with Crippen molar-refractivity contribution in [3.05, 3.63) is 95.6 Å². The molecule has 3 nitrogen and oxygen atoms in total. The largest absolute Gasteiger partial charge is 0.457 e. The lowest BCUT2D eigenvalue weighted by atomic mass is 10.1. The minimum absolute atomic E-state index is 0.207. The van der Waals surface area contributed by atoms with E-state index >= 15 is 0 Å². The van der Waals surface area contributed by atoms with Crippen LogP contribution in [-0.2, 0) is 11.3 Å². The van der Waals surface area contributed by atoms with Gasteiger partial charge in [0.05, 0.1) is 5.56 Å². The number of esters is 1. The zero-order valence-electron chi connectivity index (χ0n) is 13.4. The number of aryl methyl sites for hydroxylation is 1. The second kappa shape index (κ2) is 7.47. The minimum Gasteiger partial charge on any atom is -0.457 e. The van der Waals surface area contributed by atoms with Crippen molar-refractivity contribution in [1.82, 2.24) is 0 Å². The van der Waals surface area contributed by atoms with E-state index in [0.29, 0.717) is 11.3 Å². The van der Waals surface area contributed by atoms with Crippen molar-refractivity contribution in [1.29, 1.82) is 0 Å². The maximum absolute atomic E-state index is 12.2. The van der Waals surface area contributed by atoms with E-state index in [1.165, 1.54) is 0 Å². The smallest absolute Gasteiger partial charge is 0.338 e. The van der Waals surface area contributed by atoms with Gasteiger partial charge in [-0.1, -0.05) is 48.5 Å². The monoisotopic (exact) mass is 318 g/mol. The lowest BCUT2D eigenvalue weighted by Gasteiger charge is -2.09. The van der Waals surface area contributed by atoms with Gasteiger partial charge in [0, 0.05) is 0 Å². The number of carbonyl (C=O) groups is 1. The molecule has 0 radical (unpaired) electrons. The Labute approximate surface area is 141 Å². The number of carbonyl (C=O) groups excluding carboxylic acids is 1. The zero-order chi connectivity index (χ0) is 16.8.